The van der Waals surface area contributed by atoms with E-state index in [1.54, 1.807) is 30.5 Å². The van der Waals surface area contributed by atoms with E-state index in [1.807, 2.05) is 0 Å². The highest BCUT2D eigenvalue weighted by Gasteiger charge is 2.10. The zero-order valence-corrected chi connectivity index (χ0v) is 13.4. The van der Waals surface area contributed by atoms with Crippen LogP contribution in [0.25, 0.3) is 0 Å². The van der Waals surface area contributed by atoms with Gasteiger partial charge in [-0.15, -0.1) is 0 Å². The molecule has 2 aromatic rings. The van der Waals surface area contributed by atoms with E-state index in [9.17, 15) is 9.59 Å². The average Bonchev–Trinajstić information content (AvgIpc) is 2.43. The maximum atomic E-state index is 12.0. The monoisotopic (exact) mass is 370 g/mol. The van der Waals surface area contributed by atoms with Gasteiger partial charge in [-0.05, 0) is 40.2 Å². The second-order valence-corrected chi connectivity index (χ2v) is 5.56. The fourth-order valence-electron chi connectivity index (χ4n) is 1.75. The van der Waals surface area contributed by atoms with Gasteiger partial charge in [0.25, 0.3) is 5.56 Å². The maximum Gasteiger partial charge on any atom is 0.251 e. The van der Waals surface area contributed by atoms with Crippen LogP contribution in [0.4, 0.5) is 5.69 Å². The number of carbonyl (C=O) groups excluding carboxylic acids is 1. The second-order valence-electron chi connectivity index (χ2n) is 4.21. The first kappa shape index (κ1) is 15.6. The Morgan fingerprint density at radius 2 is 2.14 bits per heavy atom. The van der Waals surface area contributed by atoms with Crippen molar-refractivity contribution in [2.24, 2.45) is 0 Å². The molecular formula is C14H12BrClN2O3. The molecule has 0 aliphatic rings. The van der Waals surface area contributed by atoms with Gasteiger partial charge in [0.2, 0.25) is 5.91 Å². The fourth-order valence-corrected chi connectivity index (χ4v) is 2.30. The fraction of sp³-hybridized carbons (Fsp3) is 0.143. The van der Waals surface area contributed by atoms with Crippen LogP contribution in [0, 0.1) is 0 Å². The molecule has 21 heavy (non-hydrogen) atoms. The number of nitrogens with one attached hydrogen (secondary N) is 1. The van der Waals surface area contributed by atoms with E-state index in [0.717, 1.165) is 4.47 Å². The molecule has 0 aliphatic carbocycles. The summed E-state index contributed by atoms with van der Waals surface area (Å²) in [6.07, 6.45) is 1.55. The van der Waals surface area contributed by atoms with Crippen LogP contribution in [0.1, 0.15) is 0 Å². The third kappa shape index (κ3) is 4.09. The summed E-state index contributed by atoms with van der Waals surface area (Å²) in [6.45, 7) is -0.103. The first-order valence-electron chi connectivity index (χ1n) is 5.99. The lowest BCUT2D eigenvalue weighted by molar-refractivity contribution is -0.116. The smallest absolute Gasteiger partial charge is 0.251 e. The number of amides is 1. The van der Waals surface area contributed by atoms with Crippen molar-refractivity contribution in [3.05, 3.63) is 56.4 Å². The quantitative estimate of drug-likeness (QED) is 0.899. The summed E-state index contributed by atoms with van der Waals surface area (Å²) in [5, 5.41) is 3.15. The number of rotatable bonds is 4. The normalized spacial score (nSPS) is 10.2. The number of ether oxygens (including phenoxy) is 1. The van der Waals surface area contributed by atoms with Crippen LogP contribution in [-0.2, 0) is 11.3 Å². The zero-order valence-electron chi connectivity index (χ0n) is 11.1. The summed E-state index contributed by atoms with van der Waals surface area (Å²) < 4.78 is 7.16. The maximum absolute atomic E-state index is 12.0. The van der Waals surface area contributed by atoms with Crippen LogP contribution in [-0.4, -0.2) is 17.6 Å². The van der Waals surface area contributed by atoms with E-state index in [0.29, 0.717) is 16.5 Å². The van der Waals surface area contributed by atoms with Gasteiger partial charge in [0.15, 0.2) is 0 Å². The summed E-state index contributed by atoms with van der Waals surface area (Å²) in [5.41, 5.74) is 0.199. The van der Waals surface area contributed by atoms with Gasteiger partial charge in [0.1, 0.15) is 12.3 Å². The molecule has 1 amide bonds. The molecule has 0 atom stereocenters. The zero-order chi connectivity index (χ0) is 15.4. The molecule has 2 rings (SSSR count). The SMILES string of the molecule is COc1ccc(Cl)cc1NC(=O)Cn1cc(Br)ccc1=O. The van der Waals surface area contributed by atoms with Crippen LogP contribution in [0.2, 0.25) is 5.02 Å². The van der Waals surface area contributed by atoms with E-state index in [1.165, 1.54) is 17.7 Å². The van der Waals surface area contributed by atoms with Crippen molar-refractivity contribution in [2.75, 3.05) is 12.4 Å². The molecule has 0 saturated carbocycles. The largest absolute Gasteiger partial charge is 0.495 e. The number of hydrogen-bond acceptors (Lipinski definition) is 3. The predicted octanol–water partition coefficient (Wildman–Crippen LogP) is 2.91. The highest BCUT2D eigenvalue weighted by Crippen LogP contribution is 2.27. The van der Waals surface area contributed by atoms with Gasteiger partial charge in [-0.1, -0.05) is 11.6 Å². The molecule has 5 nitrogen and oxygen atoms in total. The van der Waals surface area contributed by atoms with Gasteiger partial charge in [0.05, 0.1) is 12.8 Å². The Balaban J connectivity index is 2.17. The summed E-state index contributed by atoms with van der Waals surface area (Å²) in [5.74, 6) is 0.144. The first-order valence-corrected chi connectivity index (χ1v) is 7.16. The molecule has 1 aromatic heterocycles. The molecule has 0 saturated heterocycles. The number of aromatic nitrogens is 1. The van der Waals surface area contributed by atoms with E-state index in [4.69, 9.17) is 16.3 Å². The molecule has 0 spiro atoms. The topological polar surface area (TPSA) is 60.3 Å². The number of pyridine rings is 1. The molecule has 1 N–H and O–H groups in total. The lowest BCUT2D eigenvalue weighted by Crippen LogP contribution is -2.26. The van der Waals surface area contributed by atoms with Crippen molar-refractivity contribution in [3.63, 3.8) is 0 Å². The lowest BCUT2D eigenvalue weighted by atomic mass is 10.3. The van der Waals surface area contributed by atoms with E-state index in [2.05, 4.69) is 21.2 Å². The molecule has 0 unspecified atom stereocenters. The Morgan fingerprint density at radius 3 is 2.86 bits per heavy atom. The highest BCUT2D eigenvalue weighted by atomic mass is 79.9. The number of carbonyl (C=O) groups is 1. The minimum atomic E-state index is -0.351. The summed E-state index contributed by atoms with van der Waals surface area (Å²) in [7, 11) is 1.50. The Kier molecular flexibility index (Phi) is 5.03. The van der Waals surface area contributed by atoms with Gasteiger partial charge in [-0.2, -0.15) is 0 Å². The molecule has 110 valence electrons. The lowest BCUT2D eigenvalue weighted by Gasteiger charge is -2.11. The number of nitrogens with zero attached hydrogens (tertiary/aromatic N) is 1. The van der Waals surface area contributed by atoms with Crippen LogP contribution in [0.3, 0.4) is 0 Å². The number of anilines is 1. The van der Waals surface area contributed by atoms with Gasteiger partial charge in [0, 0.05) is 21.8 Å². The Bertz CT molecular complexity index is 730. The van der Waals surface area contributed by atoms with E-state index >= 15 is 0 Å². The number of hydrogen-bond donors (Lipinski definition) is 1. The molecule has 0 fully saturated rings. The van der Waals surface area contributed by atoms with Crippen molar-refractivity contribution in [1.29, 1.82) is 0 Å². The van der Waals surface area contributed by atoms with Crippen molar-refractivity contribution in [2.45, 2.75) is 6.54 Å². The average molecular weight is 372 g/mol. The summed E-state index contributed by atoms with van der Waals surface area (Å²) >= 11 is 9.15. The van der Waals surface area contributed by atoms with Gasteiger partial charge in [-0.25, -0.2) is 0 Å². The van der Waals surface area contributed by atoms with E-state index in [-0.39, 0.29) is 18.0 Å². The first-order chi connectivity index (χ1) is 9.99. The molecule has 0 bridgehead atoms. The van der Waals surface area contributed by atoms with Crippen LogP contribution < -0.4 is 15.6 Å². The van der Waals surface area contributed by atoms with E-state index < -0.39 is 0 Å². The number of methoxy groups -OCH3 is 1. The van der Waals surface area contributed by atoms with Crippen LogP contribution in [0.5, 0.6) is 5.75 Å². The number of halogens is 2. The summed E-state index contributed by atoms with van der Waals surface area (Å²) in [4.78, 5) is 23.7. The molecular weight excluding hydrogens is 360 g/mol. The molecule has 1 heterocycles. The molecule has 1 aromatic carbocycles. The third-order valence-corrected chi connectivity index (χ3v) is 3.40. The standard InChI is InChI=1S/C14H12BrClN2O3/c1-21-12-4-3-10(16)6-11(12)17-13(19)8-18-7-9(15)2-5-14(18)20/h2-7H,8H2,1H3,(H,17,19). The van der Waals surface area contributed by atoms with Crippen molar-refractivity contribution in [3.8, 4) is 5.75 Å². The van der Waals surface area contributed by atoms with Crippen molar-refractivity contribution < 1.29 is 9.53 Å². The summed E-state index contributed by atoms with van der Waals surface area (Å²) in [6, 6.07) is 7.91. The number of benzene rings is 1. The van der Waals surface area contributed by atoms with Gasteiger partial charge >= 0.3 is 0 Å². The third-order valence-electron chi connectivity index (χ3n) is 2.70. The molecule has 7 heteroatoms. The highest BCUT2D eigenvalue weighted by molar-refractivity contribution is 9.10. The minimum Gasteiger partial charge on any atom is -0.495 e. The Labute approximate surface area is 134 Å². The van der Waals surface area contributed by atoms with Gasteiger partial charge < -0.3 is 14.6 Å². The van der Waals surface area contributed by atoms with Crippen LogP contribution >= 0.6 is 27.5 Å². The van der Waals surface area contributed by atoms with Crippen molar-refractivity contribution >= 4 is 39.1 Å². The van der Waals surface area contributed by atoms with Crippen LogP contribution in [0.15, 0.2) is 45.8 Å². The second kappa shape index (κ2) is 6.78. The van der Waals surface area contributed by atoms with Gasteiger partial charge in [-0.3, -0.25) is 9.59 Å². The molecule has 0 aliphatic heterocycles. The predicted molar refractivity (Wildman–Crippen MR) is 85.0 cm³/mol. The minimum absolute atomic E-state index is 0.103. The molecule has 0 radical (unpaired) electrons. The Morgan fingerprint density at radius 1 is 1.38 bits per heavy atom. The van der Waals surface area contributed by atoms with Crippen molar-refractivity contribution in [1.82, 2.24) is 4.57 Å². The Hall–Kier alpha value is -1.79.